The van der Waals surface area contributed by atoms with E-state index in [1.54, 1.807) is 0 Å². The van der Waals surface area contributed by atoms with Crippen LogP contribution in [-0.4, -0.2) is 59.5 Å². The van der Waals surface area contributed by atoms with Gasteiger partial charge in [-0.1, -0.05) is 0 Å². The molecule has 0 saturated carbocycles. The smallest absolute Gasteiger partial charge is 0.857 e. The summed E-state index contributed by atoms with van der Waals surface area (Å²) < 4.78 is 50.4. The number of nitrogens with two attached hydrogens (primary N) is 1. The first kappa shape index (κ1) is 40.6. The molecular weight excluding hydrogens is 599 g/mol. The third kappa shape index (κ3) is 10.7. The molecule has 0 amide bonds. The van der Waals surface area contributed by atoms with Gasteiger partial charge in [0.15, 0.2) is 11.9 Å². The van der Waals surface area contributed by atoms with Crippen molar-refractivity contribution in [2.24, 2.45) is 0 Å². The molecule has 36 heavy (non-hydrogen) atoms. The fraction of sp³-hybridized carbons (Fsp3) is 0.500. The summed E-state index contributed by atoms with van der Waals surface area (Å²) in [6, 6.07) is 0. The van der Waals surface area contributed by atoms with Gasteiger partial charge in [0.05, 0.1) is 20.8 Å². The Morgan fingerprint density at radius 1 is 1.06 bits per heavy atom. The van der Waals surface area contributed by atoms with Crippen LogP contribution in [-0.2, 0) is 31.6 Å². The molecule has 3 heterocycles. The number of aromatic nitrogens is 4. The van der Waals surface area contributed by atoms with E-state index in [-0.39, 0.29) is 129 Å². The number of nitrogens with zero attached hydrogens (tertiary/aromatic N) is 4. The zero-order valence-electron chi connectivity index (χ0n) is 19.1. The maximum atomic E-state index is 11.8. The Kier molecular flexibility index (Phi) is 17.6. The molecule has 19 nitrogen and oxygen atoms in total. The van der Waals surface area contributed by atoms with Crippen LogP contribution < -0.4 is 144 Å². The molecule has 0 aromatic carbocycles. The minimum atomic E-state index is -6.10. The van der Waals surface area contributed by atoms with Crippen molar-refractivity contribution in [1.82, 2.24) is 19.5 Å². The number of aliphatic hydroxyl groups excluding tert-OH is 2. The molecule has 0 radical (unpaired) electrons. The number of phosphoric acid groups is 3. The summed E-state index contributed by atoms with van der Waals surface area (Å²) >= 11 is 0. The summed E-state index contributed by atoms with van der Waals surface area (Å²) in [6.45, 7) is -1.11. The second-order valence-electron chi connectivity index (χ2n) is 6.08. The number of hydrogen-bond acceptors (Lipinski definition) is 17. The third-order valence-electron chi connectivity index (χ3n) is 3.82. The van der Waals surface area contributed by atoms with Gasteiger partial charge in [-0.15, -0.1) is 0 Å². The number of aliphatic hydroxyl groups is 2. The van der Waals surface area contributed by atoms with Crippen LogP contribution >= 0.6 is 23.5 Å². The number of fused-ring (bicyclic) bond motifs is 1. The first-order valence-corrected chi connectivity index (χ1v) is 12.4. The number of rotatable bonds is 8. The predicted molar refractivity (Wildman–Crippen MR) is 88.3 cm³/mol. The minimum absolute atomic E-state index is 0. The van der Waals surface area contributed by atoms with Crippen molar-refractivity contribution in [1.29, 1.82) is 0 Å². The average Bonchev–Trinajstić information content (AvgIpc) is 3.12. The van der Waals surface area contributed by atoms with Crippen molar-refractivity contribution >= 4 is 40.6 Å². The van der Waals surface area contributed by atoms with Crippen molar-refractivity contribution < 1.29 is 185 Å². The van der Waals surface area contributed by atoms with Gasteiger partial charge in [0, 0.05) is 5.88 Å². The fourth-order valence-corrected chi connectivity index (χ4v) is 5.57. The van der Waals surface area contributed by atoms with Crippen molar-refractivity contribution in [3.8, 4) is 5.88 Å². The van der Waals surface area contributed by atoms with Crippen LogP contribution in [0, 0.1) is 0 Å². The molecule has 0 aliphatic carbocycles. The molecule has 1 aliphatic rings. The first-order chi connectivity index (χ1) is 14.6. The Bertz CT molecular complexity index is 1170. The monoisotopic (exact) mass is 611 g/mol. The predicted octanol–water partition coefficient (Wildman–Crippen LogP) is -16.4. The second kappa shape index (κ2) is 15.6. The Hall–Kier alpha value is 2.44. The van der Waals surface area contributed by atoms with Crippen molar-refractivity contribution in [2.45, 2.75) is 24.5 Å². The molecule has 1 fully saturated rings. The normalized spacial score (nSPS) is 24.8. The number of imidazole rings is 1. The summed E-state index contributed by atoms with van der Waals surface area (Å²) in [4.78, 5) is 52.2. The molecule has 0 spiro atoms. The molecule has 0 bridgehead atoms. The molecular formula is C10H12N5Na4O14P3. The van der Waals surface area contributed by atoms with E-state index in [0.29, 0.717) is 0 Å². The average molecular weight is 611 g/mol. The van der Waals surface area contributed by atoms with Crippen LogP contribution in [0.5, 0.6) is 5.88 Å². The molecule has 26 heteroatoms. The number of anilines is 1. The van der Waals surface area contributed by atoms with E-state index in [4.69, 9.17) is 15.4 Å². The van der Waals surface area contributed by atoms with Crippen molar-refractivity contribution in [3.05, 3.63) is 6.33 Å². The molecule has 2 aromatic rings. The van der Waals surface area contributed by atoms with Crippen LogP contribution in [0.3, 0.4) is 0 Å². The van der Waals surface area contributed by atoms with E-state index in [9.17, 15) is 43.7 Å². The number of ether oxygens (including phenoxy) is 1. The Balaban J connectivity index is 0. The number of nitrogen functional groups attached to an aromatic ring is 1. The van der Waals surface area contributed by atoms with Crippen molar-refractivity contribution in [3.63, 3.8) is 0 Å². The van der Waals surface area contributed by atoms with Crippen LogP contribution in [0.25, 0.3) is 11.2 Å². The molecule has 1 aliphatic heterocycles. The van der Waals surface area contributed by atoms with Gasteiger partial charge in [-0.05, 0) is 0 Å². The summed E-state index contributed by atoms with van der Waals surface area (Å²) in [5.74, 6) is -1.25. The quantitative estimate of drug-likeness (QED) is 0.159. The summed E-state index contributed by atoms with van der Waals surface area (Å²) in [6.07, 6.45) is -5.60. The van der Waals surface area contributed by atoms with E-state index in [2.05, 4.69) is 28.1 Å². The molecule has 1 saturated heterocycles. The number of phosphoric ester groups is 1. The third-order valence-corrected chi connectivity index (χ3v) is 7.54. The van der Waals surface area contributed by atoms with Gasteiger partial charge in [0.2, 0.25) is 5.95 Å². The van der Waals surface area contributed by atoms with Gasteiger partial charge in [0.25, 0.3) is 7.82 Å². The molecule has 3 rings (SSSR count). The maximum Gasteiger partial charge on any atom is 1.00 e. The largest absolute Gasteiger partial charge is 1.00 e. The summed E-state index contributed by atoms with van der Waals surface area (Å²) in [5.41, 5.74) is 4.99. The van der Waals surface area contributed by atoms with E-state index in [1.165, 1.54) is 0 Å². The van der Waals surface area contributed by atoms with Crippen LogP contribution in [0.4, 0.5) is 5.95 Å². The molecule has 2 aromatic heterocycles. The van der Waals surface area contributed by atoms with Gasteiger partial charge < -0.3 is 54.5 Å². The zero-order valence-corrected chi connectivity index (χ0v) is 29.8. The van der Waals surface area contributed by atoms with Gasteiger partial charge in [-0.25, -0.2) is 18.8 Å². The Morgan fingerprint density at radius 2 is 1.64 bits per heavy atom. The number of hydrogen-bond donors (Lipinski definition) is 4. The SMILES string of the molecule is Nc1nc([O-])c2ncn(C3O[C@H](COP(=O)([O-])OP(=O)(O)OP(=O)([O-])[O-])[C@@H](O)[C@H]3O)c2n1.[Na+].[Na+].[Na+].[Na+]. The van der Waals surface area contributed by atoms with Gasteiger partial charge in [0.1, 0.15) is 23.8 Å². The molecule has 5 N–H and O–H groups in total. The molecule has 3 unspecified atom stereocenters. The van der Waals surface area contributed by atoms with E-state index in [0.717, 1.165) is 10.9 Å². The van der Waals surface area contributed by atoms with Crippen LogP contribution in [0.2, 0.25) is 0 Å². The first-order valence-electron chi connectivity index (χ1n) is 8.00. The Morgan fingerprint density at radius 3 is 2.19 bits per heavy atom. The fourth-order valence-electron chi connectivity index (χ4n) is 2.65. The minimum Gasteiger partial charge on any atom is -0.857 e. The Labute approximate surface area is 290 Å². The van der Waals surface area contributed by atoms with Crippen LogP contribution in [0.1, 0.15) is 6.23 Å². The van der Waals surface area contributed by atoms with Crippen LogP contribution in [0.15, 0.2) is 6.33 Å². The maximum absolute atomic E-state index is 11.8. The molecule has 180 valence electrons. The topological polar surface area (TPSA) is 311 Å². The van der Waals surface area contributed by atoms with E-state index >= 15 is 0 Å². The van der Waals surface area contributed by atoms with Gasteiger partial charge >= 0.3 is 126 Å². The summed E-state index contributed by atoms with van der Waals surface area (Å²) in [5, 5.41) is 32.1. The van der Waals surface area contributed by atoms with Gasteiger partial charge in [-0.2, -0.15) is 4.98 Å². The van der Waals surface area contributed by atoms with Crippen molar-refractivity contribution in [2.75, 3.05) is 12.3 Å². The standard InChI is InChI=1S/C10H16N5O14P3.4Na/c11-10-13-7-4(8(18)14-10)12-2-15(7)9-6(17)5(16)3(27-9)1-26-31(22,23)29-32(24,25)28-30(19,20)21;;;;/h2-3,5-6,9,16-17H,1H2,(H,22,23)(H,24,25)(H2,19,20,21)(H3,11,13,14,18);;;;/q;4*+1/p-4/t3-,5-,6-,9?;;;;/m1..../s1. The molecule has 6 atom stereocenters. The second-order valence-corrected chi connectivity index (χ2v) is 10.4. The van der Waals surface area contributed by atoms with Gasteiger partial charge in [-0.3, -0.25) is 13.4 Å². The zero-order chi connectivity index (χ0) is 24.1. The van der Waals surface area contributed by atoms with E-state index in [1.807, 2.05) is 0 Å². The van der Waals surface area contributed by atoms with E-state index < -0.39 is 66.4 Å². The summed E-state index contributed by atoms with van der Waals surface area (Å²) in [7, 11) is -17.8.